The highest BCUT2D eigenvalue weighted by atomic mass is 32.2. The predicted molar refractivity (Wildman–Crippen MR) is 160 cm³/mol. The van der Waals surface area contributed by atoms with Gasteiger partial charge in [0.25, 0.3) is 0 Å². The van der Waals surface area contributed by atoms with Gasteiger partial charge in [0, 0.05) is 41.2 Å². The first-order chi connectivity index (χ1) is 19.8. The molecule has 0 radical (unpaired) electrons. The summed E-state index contributed by atoms with van der Waals surface area (Å²) in [6, 6.07) is 12.0. The molecular formula is C32H37NO6S2. The first kappa shape index (κ1) is 29.5. The Labute approximate surface area is 246 Å². The SMILES string of the molecule is COc1ccc(CC(=O)c2c(CC(=O)c3cc(S(=O)(=O)N4CCCCCC4)ccc3OC)sc3c2CCCC3)cc1. The number of methoxy groups -OCH3 is 2. The van der Waals surface area contributed by atoms with Gasteiger partial charge in [0.15, 0.2) is 11.6 Å². The van der Waals surface area contributed by atoms with E-state index in [1.807, 2.05) is 24.3 Å². The number of fused-ring (bicyclic) bond motifs is 1. The van der Waals surface area contributed by atoms with Crippen LogP contribution in [0.1, 0.15) is 80.1 Å². The zero-order valence-corrected chi connectivity index (χ0v) is 25.4. The fourth-order valence-electron chi connectivity index (χ4n) is 5.83. The summed E-state index contributed by atoms with van der Waals surface area (Å²) in [4.78, 5) is 29.6. The lowest BCUT2D eigenvalue weighted by molar-refractivity contribution is 0.0988. The van der Waals surface area contributed by atoms with Crippen molar-refractivity contribution in [2.24, 2.45) is 0 Å². The van der Waals surface area contributed by atoms with E-state index in [2.05, 4.69) is 0 Å². The molecule has 0 bridgehead atoms. The number of hydrogen-bond acceptors (Lipinski definition) is 7. The number of aryl methyl sites for hydroxylation is 1. The van der Waals surface area contributed by atoms with Gasteiger partial charge < -0.3 is 9.47 Å². The molecule has 0 N–H and O–H groups in total. The van der Waals surface area contributed by atoms with Crippen LogP contribution in [0.25, 0.3) is 0 Å². The molecule has 1 aliphatic carbocycles. The van der Waals surface area contributed by atoms with Crippen molar-refractivity contribution >= 4 is 32.9 Å². The minimum absolute atomic E-state index is 0.00169. The van der Waals surface area contributed by atoms with Gasteiger partial charge in [0.05, 0.1) is 24.7 Å². The molecule has 2 heterocycles. The van der Waals surface area contributed by atoms with Gasteiger partial charge in [-0.3, -0.25) is 9.59 Å². The number of ether oxygens (including phenoxy) is 2. The van der Waals surface area contributed by atoms with Crippen molar-refractivity contribution in [3.63, 3.8) is 0 Å². The summed E-state index contributed by atoms with van der Waals surface area (Å²) in [7, 11) is -0.655. The summed E-state index contributed by atoms with van der Waals surface area (Å²) in [6.45, 7) is 0.968. The minimum Gasteiger partial charge on any atom is -0.497 e. The van der Waals surface area contributed by atoms with Crippen molar-refractivity contribution in [1.29, 1.82) is 0 Å². The molecule has 3 aromatic rings. The van der Waals surface area contributed by atoms with Gasteiger partial charge in [-0.25, -0.2) is 8.42 Å². The smallest absolute Gasteiger partial charge is 0.243 e. The second-order valence-electron chi connectivity index (χ2n) is 10.7. The van der Waals surface area contributed by atoms with Crippen molar-refractivity contribution in [3.05, 3.63) is 74.5 Å². The highest BCUT2D eigenvalue weighted by Gasteiger charge is 2.30. The van der Waals surface area contributed by atoms with E-state index < -0.39 is 10.0 Å². The van der Waals surface area contributed by atoms with Gasteiger partial charge in [0.2, 0.25) is 10.0 Å². The molecule has 1 fully saturated rings. The molecule has 0 unspecified atom stereocenters. The van der Waals surface area contributed by atoms with Crippen LogP contribution in [-0.4, -0.2) is 51.6 Å². The van der Waals surface area contributed by atoms with Crippen LogP contribution in [-0.2, 0) is 35.7 Å². The van der Waals surface area contributed by atoms with Crippen molar-refractivity contribution < 1.29 is 27.5 Å². The summed E-state index contributed by atoms with van der Waals surface area (Å²) < 4.78 is 39.2. The number of ketones is 2. The monoisotopic (exact) mass is 595 g/mol. The largest absolute Gasteiger partial charge is 0.497 e. The summed E-state index contributed by atoms with van der Waals surface area (Å²) >= 11 is 1.55. The molecule has 2 aliphatic rings. The standard InChI is InChI=1S/C32H37NO6S2/c1-38-23-13-11-22(12-14-23)19-28(35)32-25-9-5-6-10-30(25)40-31(32)21-27(34)26-20-24(15-16-29(26)39-2)41(36,37)33-17-7-3-4-8-18-33/h11-16,20H,3-10,17-19,21H2,1-2H3. The number of rotatable bonds is 10. The van der Waals surface area contributed by atoms with Crippen LogP contribution < -0.4 is 9.47 Å². The normalized spacial score (nSPS) is 16.0. The lowest BCUT2D eigenvalue weighted by atomic mass is 9.90. The van der Waals surface area contributed by atoms with Crippen LogP contribution >= 0.6 is 11.3 Å². The average molecular weight is 596 g/mol. The van der Waals surface area contributed by atoms with Gasteiger partial charge in [-0.2, -0.15) is 4.31 Å². The Bertz CT molecular complexity index is 1520. The molecule has 1 aromatic heterocycles. The van der Waals surface area contributed by atoms with Crippen molar-refractivity contribution in [2.75, 3.05) is 27.3 Å². The van der Waals surface area contributed by atoms with Gasteiger partial charge in [-0.05, 0) is 80.0 Å². The molecule has 0 amide bonds. The molecule has 2 aromatic carbocycles. The molecule has 218 valence electrons. The number of sulfonamides is 1. The molecule has 1 aliphatic heterocycles. The van der Waals surface area contributed by atoms with Crippen molar-refractivity contribution in [3.8, 4) is 11.5 Å². The molecule has 1 saturated heterocycles. The Kier molecular flexibility index (Phi) is 9.26. The van der Waals surface area contributed by atoms with E-state index in [1.54, 1.807) is 24.5 Å². The van der Waals surface area contributed by atoms with Gasteiger partial charge in [-0.1, -0.05) is 25.0 Å². The van der Waals surface area contributed by atoms with Gasteiger partial charge in [-0.15, -0.1) is 11.3 Å². The first-order valence-electron chi connectivity index (χ1n) is 14.3. The third-order valence-electron chi connectivity index (χ3n) is 8.04. The Morgan fingerprint density at radius 2 is 1.54 bits per heavy atom. The molecule has 9 heteroatoms. The van der Waals surface area contributed by atoms with Gasteiger partial charge in [0.1, 0.15) is 11.5 Å². The lowest BCUT2D eigenvalue weighted by Gasteiger charge is -2.20. The minimum atomic E-state index is -3.74. The summed E-state index contributed by atoms with van der Waals surface area (Å²) in [5.74, 6) is 0.806. The van der Waals surface area contributed by atoms with E-state index in [-0.39, 0.29) is 34.9 Å². The molecule has 0 saturated carbocycles. The molecule has 41 heavy (non-hydrogen) atoms. The fourth-order valence-corrected chi connectivity index (χ4v) is 8.78. The highest BCUT2D eigenvalue weighted by Crippen LogP contribution is 2.37. The van der Waals surface area contributed by atoms with Crippen LogP contribution in [0, 0.1) is 0 Å². The Balaban J connectivity index is 1.45. The number of hydrogen-bond donors (Lipinski definition) is 0. The molecule has 0 spiro atoms. The van der Waals surface area contributed by atoms with Crippen molar-refractivity contribution in [2.45, 2.75) is 69.1 Å². The van der Waals surface area contributed by atoms with Gasteiger partial charge >= 0.3 is 0 Å². The molecular weight excluding hydrogens is 558 g/mol. The zero-order valence-electron chi connectivity index (χ0n) is 23.7. The number of thiophene rings is 1. The summed E-state index contributed by atoms with van der Waals surface area (Å²) in [5.41, 5.74) is 2.86. The van der Waals surface area contributed by atoms with Crippen LogP contribution in [0.5, 0.6) is 11.5 Å². The second-order valence-corrected chi connectivity index (χ2v) is 13.9. The number of Topliss-reactive ketones (excluding diaryl/α,β-unsaturated/α-hetero) is 2. The van der Waals surface area contributed by atoms with E-state index in [0.29, 0.717) is 24.4 Å². The van der Waals surface area contributed by atoms with Crippen LogP contribution in [0.15, 0.2) is 47.4 Å². The Morgan fingerprint density at radius 1 is 0.829 bits per heavy atom. The number of benzene rings is 2. The van der Waals surface area contributed by atoms with Crippen molar-refractivity contribution in [1.82, 2.24) is 4.31 Å². The predicted octanol–water partition coefficient (Wildman–Crippen LogP) is 6.06. The summed E-state index contributed by atoms with van der Waals surface area (Å²) in [6.07, 6.45) is 7.77. The number of carbonyl (C=O) groups is 2. The zero-order chi connectivity index (χ0) is 29.0. The van der Waals surface area contributed by atoms with Crippen LogP contribution in [0.4, 0.5) is 0 Å². The Morgan fingerprint density at radius 3 is 2.22 bits per heavy atom. The summed E-state index contributed by atoms with van der Waals surface area (Å²) in [5, 5.41) is 0. The third kappa shape index (κ3) is 6.42. The van der Waals surface area contributed by atoms with Crippen LogP contribution in [0.3, 0.4) is 0 Å². The maximum Gasteiger partial charge on any atom is 0.243 e. The molecule has 7 nitrogen and oxygen atoms in total. The van der Waals surface area contributed by atoms with E-state index in [4.69, 9.17) is 9.47 Å². The first-order valence-corrected chi connectivity index (χ1v) is 16.6. The van der Waals surface area contributed by atoms with E-state index >= 15 is 0 Å². The van der Waals surface area contributed by atoms with Crippen LogP contribution in [0.2, 0.25) is 0 Å². The number of carbonyl (C=O) groups excluding carboxylic acids is 2. The third-order valence-corrected chi connectivity index (χ3v) is 11.2. The highest BCUT2D eigenvalue weighted by molar-refractivity contribution is 7.89. The topological polar surface area (TPSA) is 90.0 Å². The maximum atomic E-state index is 13.8. The quantitative estimate of drug-likeness (QED) is 0.265. The fraction of sp³-hybridized carbons (Fsp3) is 0.438. The average Bonchev–Trinajstić information content (AvgIpc) is 3.13. The molecule has 0 atom stereocenters. The number of nitrogens with zero attached hydrogens (tertiary/aromatic N) is 1. The maximum absolute atomic E-state index is 13.8. The van der Waals surface area contributed by atoms with E-state index in [1.165, 1.54) is 28.4 Å². The second kappa shape index (κ2) is 12.9. The lowest BCUT2D eigenvalue weighted by Crippen LogP contribution is -2.32. The van der Waals surface area contributed by atoms with E-state index in [9.17, 15) is 18.0 Å². The Hall–Kier alpha value is -3.01. The molecule has 5 rings (SSSR count). The van der Waals surface area contributed by atoms with E-state index in [0.717, 1.165) is 73.1 Å².